The van der Waals surface area contributed by atoms with Crippen molar-refractivity contribution in [3.63, 3.8) is 0 Å². The summed E-state index contributed by atoms with van der Waals surface area (Å²) in [6.45, 7) is 0. The van der Waals surface area contributed by atoms with Gasteiger partial charge in [-0.3, -0.25) is 0 Å². The third-order valence-electron chi connectivity index (χ3n) is 2.58. The Balaban J connectivity index is 2.22. The van der Waals surface area contributed by atoms with Crippen LogP contribution in [0, 0.1) is 0 Å². The fourth-order valence-electron chi connectivity index (χ4n) is 1.72. The van der Waals surface area contributed by atoms with Gasteiger partial charge in [-0.25, -0.2) is 4.98 Å². The van der Waals surface area contributed by atoms with Crippen molar-refractivity contribution in [3.05, 3.63) is 36.4 Å². The summed E-state index contributed by atoms with van der Waals surface area (Å²) < 4.78 is 5.43. The predicted octanol–water partition coefficient (Wildman–Crippen LogP) is 2.61. The van der Waals surface area contributed by atoms with Crippen molar-refractivity contribution >= 4 is 11.1 Å². The van der Waals surface area contributed by atoms with E-state index in [0.29, 0.717) is 16.7 Å². The van der Waals surface area contributed by atoms with Gasteiger partial charge in [0.15, 0.2) is 5.58 Å². The van der Waals surface area contributed by atoms with Crippen LogP contribution in [0.3, 0.4) is 0 Å². The van der Waals surface area contributed by atoms with Crippen molar-refractivity contribution < 1.29 is 19.7 Å². The summed E-state index contributed by atoms with van der Waals surface area (Å²) in [5.41, 5.74) is 1.27. The van der Waals surface area contributed by atoms with Gasteiger partial charge in [-0.15, -0.1) is 0 Å². The number of hydrogen-bond donors (Lipinski definition) is 3. The first-order valence-corrected chi connectivity index (χ1v) is 5.25. The van der Waals surface area contributed by atoms with E-state index in [4.69, 9.17) is 4.42 Å². The highest BCUT2D eigenvalue weighted by molar-refractivity contribution is 5.79. The van der Waals surface area contributed by atoms with Crippen molar-refractivity contribution in [1.29, 1.82) is 0 Å². The topological polar surface area (TPSA) is 86.7 Å². The molecule has 0 aliphatic carbocycles. The van der Waals surface area contributed by atoms with Gasteiger partial charge >= 0.3 is 0 Å². The third kappa shape index (κ3) is 1.62. The van der Waals surface area contributed by atoms with Gasteiger partial charge in [-0.2, -0.15) is 0 Å². The molecule has 5 nitrogen and oxygen atoms in total. The number of hydrogen-bond acceptors (Lipinski definition) is 5. The maximum Gasteiger partial charge on any atom is 0.231 e. The number of oxazole rings is 1. The Kier molecular flexibility index (Phi) is 2.13. The van der Waals surface area contributed by atoms with E-state index in [0.717, 1.165) is 0 Å². The summed E-state index contributed by atoms with van der Waals surface area (Å²) in [6, 6.07) is 8.63. The quantitative estimate of drug-likeness (QED) is 0.572. The van der Waals surface area contributed by atoms with Crippen LogP contribution < -0.4 is 0 Å². The van der Waals surface area contributed by atoms with Crippen LogP contribution in [-0.4, -0.2) is 20.3 Å². The Bertz CT molecular complexity index is 733. The molecule has 0 saturated carbocycles. The molecule has 3 rings (SSSR count). The fraction of sp³-hybridized carbons (Fsp3) is 0. The Morgan fingerprint density at radius 2 is 1.61 bits per heavy atom. The molecule has 3 N–H and O–H groups in total. The molecule has 0 unspecified atom stereocenters. The van der Waals surface area contributed by atoms with Crippen molar-refractivity contribution in [1.82, 2.24) is 4.98 Å². The standard InChI is InChI=1S/C13H9NO4/c15-7-2-4-11(17)9(5-7)13-14-10-3-1-8(16)6-12(10)18-13/h1-6,15-17H. The van der Waals surface area contributed by atoms with E-state index < -0.39 is 0 Å². The largest absolute Gasteiger partial charge is 0.508 e. The summed E-state index contributed by atoms with van der Waals surface area (Å²) >= 11 is 0. The van der Waals surface area contributed by atoms with Gasteiger partial charge in [0, 0.05) is 6.07 Å². The smallest absolute Gasteiger partial charge is 0.231 e. The van der Waals surface area contributed by atoms with E-state index in [1.165, 1.54) is 30.3 Å². The van der Waals surface area contributed by atoms with Crippen LogP contribution in [0.2, 0.25) is 0 Å². The van der Waals surface area contributed by atoms with E-state index >= 15 is 0 Å². The normalized spacial score (nSPS) is 10.9. The molecule has 0 saturated heterocycles. The maximum atomic E-state index is 9.71. The number of phenols is 3. The second kappa shape index (κ2) is 3.66. The zero-order chi connectivity index (χ0) is 12.7. The highest BCUT2D eigenvalue weighted by Crippen LogP contribution is 2.34. The number of benzene rings is 2. The molecule has 0 fully saturated rings. The van der Waals surface area contributed by atoms with E-state index in [9.17, 15) is 15.3 Å². The third-order valence-corrected chi connectivity index (χ3v) is 2.58. The molecule has 18 heavy (non-hydrogen) atoms. The van der Waals surface area contributed by atoms with E-state index in [1.807, 2.05) is 0 Å². The van der Waals surface area contributed by atoms with Gasteiger partial charge in [0.05, 0.1) is 5.56 Å². The molecular formula is C13H9NO4. The summed E-state index contributed by atoms with van der Waals surface area (Å²) in [5.74, 6) is 0.228. The molecule has 90 valence electrons. The van der Waals surface area contributed by atoms with Gasteiger partial charge in [0.1, 0.15) is 22.8 Å². The summed E-state index contributed by atoms with van der Waals surface area (Å²) in [4.78, 5) is 4.18. The Labute approximate surface area is 102 Å². The van der Waals surface area contributed by atoms with Crippen molar-refractivity contribution in [2.45, 2.75) is 0 Å². The summed E-state index contributed by atoms with van der Waals surface area (Å²) in [5, 5.41) is 28.4. The number of aromatic nitrogens is 1. The number of phenolic OH excluding ortho intramolecular Hbond substituents is 3. The first kappa shape index (κ1) is 10.5. The minimum Gasteiger partial charge on any atom is -0.508 e. The average Bonchev–Trinajstić information content (AvgIpc) is 2.74. The highest BCUT2D eigenvalue weighted by atomic mass is 16.4. The van der Waals surface area contributed by atoms with Crippen molar-refractivity contribution in [2.24, 2.45) is 0 Å². The van der Waals surface area contributed by atoms with Crippen molar-refractivity contribution in [2.75, 3.05) is 0 Å². The molecule has 0 bridgehead atoms. The molecule has 0 atom stereocenters. The number of rotatable bonds is 1. The van der Waals surface area contributed by atoms with Gasteiger partial charge in [0.2, 0.25) is 5.89 Å². The van der Waals surface area contributed by atoms with E-state index in [2.05, 4.69) is 4.98 Å². The highest BCUT2D eigenvalue weighted by Gasteiger charge is 2.13. The van der Waals surface area contributed by atoms with Crippen LogP contribution in [0.1, 0.15) is 0 Å². The van der Waals surface area contributed by atoms with Crippen molar-refractivity contribution in [3.8, 4) is 28.7 Å². The van der Waals surface area contributed by atoms with Crippen LogP contribution in [-0.2, 0) is 0 Å². The number of nitrogens with zero attached hydrogens (tertiary/aromatic N) is 1. The molecular weight excluding hydrogens is 234 g/mol. The Morgan fingerprint density at radius 1 is 0.889 bits per heavy atom. The molecule has 0 amide bonds. The lowest BCUT2D eigenvalue weighted by Crippen LogP contribution is -1.78. The van der Waals surface area contributed by atoms with Crippen LogP contribution in [0.4, 0.5) is 0 Å². The lowest BCUT2D eigenvalue weighted by Gasteiger charge is -1.99. The molecule has 3 aromatic rings. The maximum absolute atomic E-state index is 9.71. The van der Waals surface area contributed by atoms with Crippen LogP contribution in [0.15, 0.2) is 40.8 Å². The lowest BCUT2D eigenvalue weighted by molar-refractivity contribution is 0.459. The molecule has 2 aromatic carbocycles. The summed E-state index contributed by atoms with van der Waals surface area (Å²) in [7, 11) is 0. The van der Waals surface area contributed by atoms with Gasteiger partial charge in [0.25, 0.3) is 0 Å². The lowest BCUT2D eigenvalue weighted by atomic mass is 10.2. The number of aromatic hydroxyl groups is 3. The van der Waals surface area contributed by atoms with Crippen LogP contribution in [0.5, 0.6) is 17.2 Å². The van der Waals surface area contributed by atoms with E-state index in [-0.39, 0.29) is 23.1 Å². The average molecular weight is 243 g/mol. The van der Waals surface area contributed by atoms with Gasteiger partial charge in [-0.05, 0) is 30.3 Å². The second-order valence-corrected chi connectivity index (χ2v) is 3.87. The Hall–Kier alpha value is -2.69. The fourth-order valence-corrected chi connectivity index (χ4v) is 1.72. The minimum atomic E-state index is -0.0384. The minimum absolute atomic E-state index is 0.00732. The Morgan fingerprint density at radius 3 is 2.44 bits per heavy atom. The monoisotopic (exact) mass is 243 g/mol. The summed E-state index contributed by atoms with van der Waals surface area (Å²) in [6.07, 6.45) is 0. The zero-order valence-corrected chi connectivity index (χ0v) is 9.16. The first-order valence-electron chi connectivity index (χ1n) is 5.25. The molecule has 1 heterocycles. The molecule has 0 aliphatic heterocycles. The molecule has 1 aromatic heterocycles. The molecule has 0 radical (unpaired) electrons. The van der Waals surface area contributed by atoms with Crippen LogP contribution in [0.25, 0.3) is 22.6 Å². The van der Waals surface area contributed by atoms with Crippen LogP contribution >= 0.6 is 0 Å². The van der Waals surface area contributed by atoms with Gasteiger partial charge in [-0.1, -0.05) is 0 Å². The first-order chi connectivity index (χ1) is 8.63. The molecule has 0 aliphatic rings. The van der Waals surface area contributed by atoms with E-state index in [1.54, 1.807) is 6.07 Å². The predicted molar refractivity (Wildman–Crippen MR) is 64.4 cm³/mol. The molecule has 5 heteroatoms. The van der Waals surface area contributed by atoms with Gasteiger partial charge < -0.3 is 19.7 Å². The number of fused-ring (bicyclic) bond motifs is 1. The molecule has 0 spiro atoms. The zero-order valence-electron chi connectivity index (χ0n) is 9.16. The SMILES string of the molecule is Oc1ccc(O)c(-c2nc3ccc(O)cc3o2)c1. The second-order valence-electron chi connectivity index (χ2n) is 3.87.